The van der Waals surface area contributed by atoms with Gasteiger partial charge in [0.2, 0.25) is 0 Å². The van der Waals surface area contributed by atoms with Crippen molar-refractivity contribution < 1.29 is 9.13 Å². The lowest BCUT2D eigenvalue weighted by atomic mass is 10.0. The molecule has 5 heterocycles. The second-order valence-electron chi connectivity index (χ2n) is 9.93. The number of halogens is 1. The number of nitrogens with one attached hydrogen (secondary N) is 2. The Balaban J connectivity index is 1.20. The summed E-state index contributed by atoms with van der Waals surface area (Å²) >= 11 is 0. The molecule has 6 aromatic rings. The number of aromatic amines is 2. The van der Waals surface area contributed by atoms with E-state index in [1.807, 2.05) is 36.4 Å². The Morgan fingerprint density at radius 2 is 1.77 bits per heavy atom. The van der Waals surface area contributed by atoms with E-state index < -0.39 is 0 Å². The lowest BCUT2D eigenvalue weighted by molar-refractivity contribution is 0.237. The van der Waals surface area contributed by atoms with Crippen LogP contribution in [-0.2, 0) is 0 Å². The zero-order valence-electron chi connectivity index (χ0n) is 21.3. The third kappa shape index (κ3) is 4.64. The molecule has 2 N–H and O–H groups in total. The maximum atomic E-state index is 13.5. The Bertz CT molecular complexity index is 1770. The number of aromatic nitrogens is 5. The normalized spacial score (nSPS) is 14.0. The van der Waals surface area contributed by atoms with Crippen molar-refractivity contribution in [3.05, 3.63) is 84.9 Å². The Morgan fingerprint density at radius 1 is 0.897 bits per heavy atom. The number of rotatable bonds is 7. The van der Waals surface area contributed by atoms with Crippen LogP contribution in [0.4, 0.5) is 4.39 Å². The van der Waals surface area contributed by atoms with Crippen LogP contribution in [0.15, 0.2) is 79.1 Å². The summed E-state index contributed by atoms with van der Waals surface area (Å²) in [6.07, 6.45) is 6.10. The first kappa shape index (κ1) is 23.5. The van der Waals surface area contributed by atoms with E-state index in [0.29, 0.717) is 6.61 Å². The molecule has 0 spiro atoms. The molecule has 0 bridgehead atoms. The number of hydrogen-bond acceptors (Lipinski definition) is 5. The summed E-state index contributed by atoms with van der Waals surface area (Å²) < 4.78 is 19.5. The molecule has 0 unspecified atom stereocenters. The lowest BCUT2D eigenvalue weighted by Gasteiger charge is -2.15. The molecule has 0 radical (unpaired) electrons. The third-order valence-electron chi connectivity index (χ3n) is 7.37. The van der Waals surface area contributed by atoms with Crippen molar-refractivity contribution in [1.82, 2.24) is 30.0 Å². The number of likely N-dealkylation sites (tertiary alicyclic amines) is 1. The average Bonchev–Trinajstić information content (AvgIpc) is 3.73. The molecule has 1 aliphatic rings. The van der Waals surface area contributed by atoms with Crippen molar-refractivity contribution in [3.63, 3.8) is 0 Å². The average molecular weight is 519 g/mol. The van der Waals surface area contributed by atoms with Crippen molar-refractivity contribution in [1.29, 1.82) is 0 Å². The highest BCUT2D eigenvalue weighted by molar-refractivity contribution is 6.00. The third-order valence-corrected chi connectivity index (χ3v) is 7.37. The zero-order valence-corrected chi connectivity index (χ0v) is 21.3. The molecule has 1 saturated heterocycles. The summed E-state index contributed by atoms with van der Waals surface area (Å²) in [4.78, 5) is 15.3. The number of hydrogen-bond donors (Lipinski definition) is 2. The standard InChI is InChI=1S/C31H27FN6O/c32-22-8-6-20(7-9-22)24-4-3-5-27-25(24)17-29(34-27)31-30-28(36-37-31)11-10-26(35-30)21-16-23(19-33-18-21)39-15-14-38-12-1-2-13-38/h3-11,16-19,34H,1-2,12-15H2,(H,36,37). The summed E-state index contributed by atoms with van der Waals surface area (Å²) in [5, 5.41) is 8.74. The smallest absolute Gasteiger partial charge is 0.138 e. The Morgan fingerprint density at radius 3 is 2.64 bits per heavy atom. The molecule has 0 aliphatic carbocycles. The Kier molecular flexibility index (Phi) is 6.01. The SMILES string of the molecule is Fc1ccc(-c2cccc3[nH]c(-c4n[nH]c5ccc(-c6cncc(OCCN7CCCC7)c6)nc45)cc23)cc1. The quantitative estimate of drug-likeness (QED) is 0.254. The monoisotopic (exact) mass is 518 g/mol. The maximum absolute atomic E-state index is 13.5. The van der Waals surface area contributed by atoms with Crippen LogP contribution in [0, 0.1) is 5.82 Å². The van der Waals surface area contributed by atoms with Crippen LogP contribution in [0.5, 0.6) is 5.75 Å². The first-order chi connectivity index (χ1) is 19.2. The van der Waals surface area contributed by atoms with Crippen LogP contribution in [0.2, 0.25) is 0 Å². The van der Waals surface area contributed by atoms with Gasteiger partial charge in [-0.3, -0.25) is 15.0 Å². The molecule has 7 nitrogen and oxygen atoms in total. The van der Waals surface area contributed by atoms with E-state index in [-0.39, 0.29) is 5.82 Å². The van der Waals surface area contributed by atoms with E-state index >= 15 is 0 Å². The predicted molar refractivity (Wildman–Crippen MR) is 151 cm³/mol. The minimum atomic E-state index is -0.250. The highest BCUT2D eigenvalue weighted by Crippen LogP contribution is 2.34. The minimum Gasteiger partial charge on any atom is -0.491 e. The topological polar surface area (TPSA) is 82.7 Å². The fourth-order valence-electron chi connectivity index (χ4n) is 5.35. The van der Waals surface area contributed by atoms with Gasteiger partial charge in [-0.05, 0) is 79.5 Å². The molecule has 0 saturated carbocycles. The van der Waals surface area contributed by atoms with Crippen LogP contribution in [0.1, 0.15) is 12.8 Å². The molecule has 194 valence electrons. The van der Waals surface area contributed by atoms with Gasteiger partial charge in [0.1, 0.15) is 29.4 Å². The number of benzene rings is 2. The summed E-state index contributed by atoms with van der Waals surface area (Å²) in [6.45, 7) is 3.88. The number of fused-ring (bicyclic) bond motifs is 2. The predicted octanol–water partition coefficient (Wildman–Crippen LogP) is 6.45. The Labute approximate surface area is 224 Å². The van der Waals surface area contributed by atoms with Gasteiger partial charge in [-0.25, -0.2) is 9.37 Å². The molecule has 39 heavy (non-hydrogen) atoms. The van der Waals surface area contributed by atoms with Crippen molar-refractivity contribution in [2.24, 2.45) is 0 Å². The molecule has 0 atom stereocenters. The van der Waals surface area contributed by atoms with Crippen molar-refractivity contribution >= 4 is 21.9 Å². The van der Waals surface area contributed by atoms with Crippen LogP contribution >= 0.6 is 0 Å². The summed E-state index contributed by atoms with van der Waals surface area (Å²) in [7, 11) is 0. The molecule has 8 heteroatoms. The van der Waals surface area contributed by atoms with Gasteiger partial charge in [-0.1, -0.05) is 24.3 Å². The molecule has 1 fully saturated rings. The summed E-state index contributed by atoms with van der Waals surface area (Å²) in [5.74, 6) is 0.491. The highest BCUT2D eigenvalue weighted by Gasteiger charge is 2.16. The van der Waals surface area contributed by atoms with E-state index in [4.69, 9.17) is 9.72 Å². The molecule has 1 aliphatic heterocycles. The van der Waals surface area contributed by atoms with Gasteiger partial charge in [0.05, 0.1) is 23.1 Å². The fraction of sp³-hybridized carbons (Fsp3) is 0.194. The molecule has 7 rings (SSSR count). The summed E-state index contributed by atoms with van der Waals surface area (Å²) in [6, 6.07) is 20.6. The van der Waals surface area contributed by atoms with Crippen molar-refractivity contribution in [3.8, 4) is 39.5 Å². The largest absolute Gasteiger partial charge is 0.491 e. The molecule has 4 aromatic heterocycles. The van der Waals surface area contributed by atoms with Gasteiger partial charge < -0.3 is 9.72 Å². The van der Waals surface area contributed by atoms with Gasteiger partial charge in [0.25, 0.3) is 0 Å². The Hall–Kier alpha value is -4.56. The summed E-state index contributed by atoms with van der Waals surface area (Å²) in [5.41, 5.74) is 7.84. The maximum Gasteiger partial charge on any atom is 0.138 e. The van der Waals surface area contributed by atoms with Gasteiger partial charge in [0, 0.05) is 29.2 Å². The van der Waals surface area contributed by atoms with Crippen molar-refractivity contribution in [2.75, 3.05) is 26.2 Å². The zero-order chi connectivity index (χ0) is 26.2. The van der Waals surface area contributed by atoms with E-state index in [1.54, 1.807) is 24.5 Å². The lowest BCUT2D eigenvalue weighted by Crippen LogP contribution is -2.25. The van der Waals surface area contributed by atoms with E-state index in [0.717, 1.165) is 81.1 Å². The highest BCUT2D eigenvalue weighted by atomic mass is 19.1. The molecular formula is C31H27FN6O. The van der Waals surface area contributed by atoms with Crippen LogP contribution < -0.4 is 4.74 Å². The van der Waals surface area contributed by atoms with E-state index in [1.165, 1.54) is 25.0 Å². The van der Waals surface area contributed by atoms with E-state index in [9.17, 15) is 4.39 Å². The van der Waals surface area contributed by atoms with Crippen LogP contribution in [-0.4, -0.2) is 56.3 Å². The fourth-order valence-corrected chi connectivity index (χ4v) is 5.35. The van der Waals surface area contributed by atoms with Gasteiger partial charge in [0.15, 0.2) is 0 Å². The molecule has 0 amide bonds. The van der Waals surface area contributed by atoms with Gasteiger partial charge >= 0.3 is 0 Å². The van der Waals surface area contributed by atoms with Crippen LogP contribution in [0.25, 0.3) is 55.7 Å². The minimum absolute atomic E-state index is 0.250. The molecule has 2 aromatic carbocycles. The van der Waals surface area contributed by atoms with Crippen molar-refractivity contribution in [2.45, 2.75) is 12.8 Å². The second-order valence-corrected chi connectivity index (χ2v) is 9.93. The van der Waals surface area contributed by atoms with Crippen LogP contribution in [0.3, 0.4) is 0 Å². The number of ether oxygens (including phenoxy) is 1. The first-order valence-electron chi connectivity index (χ1n) is 13.2. The number of nitrogens with zero attached hydrogens (tertiary/aromatic N) is 4. The number of H-pyrrole nitrogens is 2. The van der Waals surface area contributed by atoms with Gasteiger partial charge in [-0.15, -0.1) is 0 Å². The first-order valence-corrected chi connectivity index (χ1v) is 13.2. The van der Waals surface area contributed by atoms with Gasteiger partial charge in [-0.2, -0.15) is 5.10 Å². The second kappa shape index (κ2) is 9.96. The van der Waals surface area contributed by atoms with E-state index in [2.05, 4.69) is 31.1 Å². The molecular weight excluding hydrogens is 491 g/mol. The number of pyridine rings is 2.